The predicted molar refractivity (Wildman–Crippen MR) is 74.6 cm³/mol. The van der Waals surface area contributed by atoms with Gasteiger partial charge in [-0.15, -0.1) is 0 Å². The molecule has 0 bridgehead atoms. The summed E-state index contributed by atoms with van der Waals surface area (Å²) in [5.74, 6) is -1.15. The molecule has 0 aliphatic carbocycles. The molecule has 7 nitrogen and oxygen atoms in total. The van der Waals surface area contributed by atoms with Gasteiger partial charge in [-0.3, -0.25) is 15.0 Å². The lowest BCUT2D eigenvalue weighted by Gasteiger charge is -2.36. The van der Waals surface area contributed by atoms with Gasteiger partial charge in [-0.2, -0.15) is 13.2 Å². The molecule has 0 aromatic heterocycles. The zero-order chi connectivity index (χ0) is 17.2. The van der Waals surface area contributed by atoms with E-state index in [1.807, 2.05) is 0 Å². The number of piperazine rings is 1. The number of benzene rings is 1. The number of hydrogen-bond donors (Lipinski definition) is 2. The van der Waals surface area contributed by atoms with Crippen LogP contribution < -0.4 is 10.1 Å². The third kappa shape index (κ3) is 3.64. The van der Waals surface area contributed by atoms with Crippen molar-refractivity contribution in [2.45, 2.75) is 12.2 Å². The number of aromatic hydroxyl groups is 1. The van der Waals surface area contributed by atoms with E-state index in [4.69, 9.17) is 4.74 Å². The Balaban J connectivity index is 2.53. The topological polar surface area (TPSA) is 87.9 Å². The molecule has 1 aliphatic rings. The summed E-state index contributed by atoms with van der Waals surface area (Å²) in [4.78, 5) is 11.2. The first kappa shape index (κ1) is 17.3. The number of rotatable bonds is 4. The van der Waals surface area contributed by atoms with Crippen LogP contribution in [0.4, 0.5) is 18.9 Å². The summed E-state index contributed by atoms with van der Waals surface area (Å²) in [5, 5.41) is 23.6. The molecule has 0 spiro atoms. The number of phenolic OH excluding ortho intramolecular Hbond substituents is 1. The molecule has 1 heterocycles. The van der Waals surface area contributed by atoms with Crippen molar-refractivity contribution in [1.29, 1.82) is 0 Å². The molecule has 0 unspecified atom stereocenters. The minimum Gasteiger partial charge on any atom is -0.500 e. The Morgan fingerprint density at radius 2 is 2.00 bits per heavy atom. The van der Waals surface area contributed by atoms with Crippen molar-refractivity contribution in [2.24, 2.45) is 0 Å². The molecule has 23 heavy (non-hydrogen) atoms. The van der Waals surface area contributed by atoms with Crippen LogP contribution in [0, 0.1) is 10.1 Å². The quantitative estimate of drug-likeness (QED) is 0.645. The number of nitrogens with one attached hydrogen (secondary N) is 1. The standard InChI is InChI=1S/C13H16F3N3O4/c1-23-10-7-8(6-9(11(10)20)19(21)22)12(13(14,15)16)18-4-2-17-3-5-18/h6-7,12,17,20H,2-5H2,1H3/t12-/m1/s1. The highest BCUT2D eigenvalue weighted by Crippen LogP contribution is 2.44. The van der Waals surface area contributed by atoms with Crippen molar-refractivity contribution in [3.63, 3.8) is 0 Å². The van der Waals surface area contributed by atoms with Gasteiger partial charge in [0.2, 0.25) is 5.75 Å². The van der Waals surface area contributed by atoms with Gasteiger partial charge in [-0.05, 0) is 11.6 Å². The van der Waals surface area contributed by atoms with Crippen molar-refractivity contribution >= 4 is 5.69 Å². The second kappa shape index (κ2) is 6.59. The number of hydrogen-bond acceptors (Lipinski definition) is 6. The molecule has 1 aromatic rings. The molecule has 1 aromatic carbocycles. The molecule has 1 fully saturated rings. The highest BCUT2D eigenvalue weighted by atomic mass is 19.4. The lowest BCUT2D eigenvalue weighted by molar-refractivity contribution is -0.386. The maximum absolute atomic E-state index is 13.5. The van der Waals surface area contributed by atoms with Crippen molar-refractivity contribution in [3.8, 4) is 11.5 Å². The van der Waals surface area contributed by atoms with E-state index >= 15 is 0 Å². The van der Waals surface area contributed by atoms with Gasteiger partial charge in [0.1, 0.15) is 6.04 Å². The van der Waals surface area contributed by atoms with Gasteiger partial charge < -0.3 is 15.2 Å². The van der Waals surface area contributed by atoms with Crippen molar-refractivity contribution in [1.82, 2.24) is 10.2 Å². The molecule has 0 saturated carbocycles. The van der Waals surface area contributed by atoms with E-state index in [0.717, 1.165) is 19.2 Å². The molecule has 1 saturated heterocycles. The first-order chi connectivity index (χ1) is 10.8. The average Bonchev–Trinajstić information content (AvgIpc) is 2.48. The molecule has 128 valence electrons. The van der Waals surface area contributed by atoms with Crippen LogP contribution in [-0.4, -0.2) is 54.4 Å². The number of nitro groups is 1. The first-order valence-corrected chi connectivity index (χ1v) is 6.82. The van der Waals surface area contributed by atoms with Crippen LogP contribution in [0.25, 0.3) is 0 Å². The number of nitro benzene ring substituents is 1. The maximum atomic E-state index is 13.5. The van der Waals surface area contributed by atoms with Crippen LogP contribution in [-0.2, 0) is 0 Å². The summed E-state index contributed by atoms with van der Waals surface area (Å²) < 4.78 is 45.3. The van der Waals surface area contributed by atoms with E-state index in [0.29, 0.717) is 13.1 Å². The van der Waals surface area contributed by atoms with Crippen molar-refractivity contribution in [2.75, 3.05) is 33.3 Å². The molecule has 0 amide bonds. The van der Waals surface area contributed by atoms with Gasteiger partial charge in [0.05, 0.1) is 12.0 Å². The smallest absolute Gasteiger partial charge is 0.408 e. The Morgan fingerprint density at radius 1 is 1.39 bits per heavy atom. The van der Waals surface area contributed by atoms with E-state index in [2.05, 4.69) is 5.32 Å². The monoisotopic (exact) mass is 335 g/mol. The SMILES string of the molecule is COc1cc([C@@H](N2CCNCC2)C(F)(F)F)cc([N+](=O)[O-])c1O. The fourth-order valence-electron chi connectivity index (χ4n) is 2.61. The van der Waals surface area contributed by atoms with Crippen molar-refractivity contribution < 1.29 is 27.9 Å². The number of nitrogens with zero attached hydrogens (tertiary/aromatic N) is 2. The summed E-state index contributed by atoms with van der Waals surface area (Å²) in [6, 6.07) is -0.265. The average molecular weight is 335 g/mol. The minimum absolute atomic E-state index is 0.154. The summed E-state index contributed by atoms with van der Waals surface area (Å²) in [6.45, 7) is 1.09. The van der Waals surface area contributed by atoms with Crippen molar-refractivity contribution in [3.05, 3.63) is 27.8 Å². The third-order valence-electron chi connectivity index (χ3n) is 3.64. The van der Waals surface area contributed by atoms with E-state index in [-0.39, 0.29) is 24.4 Å². The van der Waals surface area contributed by atoms with Crippen LogP contribution in [0.2, 0.25) is 0 Å². The lowest BCUT2D eigenvalue weighted by Crippen LogP contribution is -2.49. The summed E-state index contributed by atoms with van der Waals surface area (Å²) in [5.41, 5.74) is -1.15. The predicted octanol–water partition coefficient (Wildman–Crippen LogP) is 1.82. The second-order valence-corrected chi connectivity index (χ2v) is 5.08. The zero-order valence-corrected chi connectivity index (χ0v) is 12.3. The number of alkyl halides is 3. The van der Waals surface area contributed by atoms with Gasteiger partial charge in [0.15, 0.2) is 5.75 Å². The Hall–Kier alpha value is -2.07. The largest absolute Gasteiger partial charge is 0.500 e. The fraction of sp³-hybridized carbons (Fsp3) is 0.538. The van der Waals surface area contributed by atoms with Crippen LogP contribution in [0.5, 0.6) is 11.5 Å². The molecular weight excluding hydrogens is 319 g/mol. The van der Waals surface area contributed by atoms with Crippen LogP contribution in [0.3, 0.4) is 0 Å². The Labute approximate surface area is 129 Å². The highest BCUT2D eigenvalue weighted by molar-refractivity contribution is 5.57. The van der Waals surface area contributed by atoms with Gasteiger partial charge in [-0.25, -0.2) is 0 Å². The number of phenols is 1. The van der Waals surface area contributed by atoms with Crippen LogP contribution >= 0.6 is 0 Å². The highest BCUT2D eigenvalue weighted by Gasteiger charge is 2.46. The van der Waals surface area contributed by atoms with E-state index < -0.39 is 28.6 Å². The van der Waals surface area contributed by atoms with Gasteiger partial charge in [-0.1, -0.05) is 0 Å². The summed E-state index contributed by atoms with van der Waals surface area (Å²) in [7, 11) is 1.12. The summed E-state index contributed by atoms with van der Waals surface area (Å²) in [6.07, 6.45) is -4.62. The Kier molecular flexibility index (Phi) is 4.95. The Bertz CT molecular complexity index is 589. The molecule has 1 aliphatic heterocycles. The van der Waals surface area contributed by atoms with Gasteiger partial charge >= 0.3 is 11.9 Å². The van der Waals surface area contributed by atoms with E-state index in [9.17, 15) is 28.4 Å². The van der Waals surface area contributed by atoms with Gasteiger partial charge in [0, 0.05) is 32.2 Å². The molecular formula is C13H16F3N3O4. The number of halogens is 3. The second-order valence-electron chi connectivity index (χ2n) is 5.08. The zero-order valence-electron chi connectivity index (χ0n) is 12.3. The fourth-order valence-corrected chi connectivity index (χ4v) is 2.61. The minimum atomic E-state index is -4.62. The lowest BCUT2D eigenvalue weighted by atomic mass is 10.0. The van der Waals surface area contributed by atoms with E-state index in [1.54, 1.807) is 0 Å². The molecule has 10 heteroatoms. The van der Waals surface area contributed by atoms with Gasteiger partial charge in [0.25, 0.3) is 0 Å². The van der Waals surface area contributed by atoms with E-state index in [1.165, 1.54) is 4.90 Å². The molecule has 0 radical (unpaired) electrons. The van der Waals surface area contributed by atoms with Crippen LogP contribution in [0.1, 0.15) is 11.6 Å². The number of methoxy groups -OCH3 is 1. The molecule has 2 N–H and O–H groups in total. The Morgan fingerprint density at radius 3 is 2.48 bits per heavy atom. The third-order valence-corrected chi connectivity index (χ3v) is 3.64. The first-order valence-electron chi connectivity index (χ1n) is 6.82. The summed E-state index contributed by atoms with van der Waals surface area (Å²) >= 11 is 0. The normalized spacial score (nSPS) is 17.7. The molecule has 1 atom stereocenters. The van der Waals surface area contributed by atoms with Crippen LogP contribution in [0.15, 0.2) is 12.1 Å². The molecule has 2 rings (SSSR count). The number of ether oxygens (including phenoxy) is 1. The maximum Gasteiger partial charge on any atom is 0.408 e.